The average Bonchev–Trinajstić information content (AvgIpc) is 2.67. The van der Waals surface area contributed by atoms with Gasteiger partial charge in [-0.05, 0) is 127 Å². The van der Waals surface area contributed by atoms with Crippen molar-refractivity contribution in [3.63, 3.8) is 0 Å². The summed E-state index contributed by atoms with van der Waals surface area (Å²) in [6, 6.07) is 0. The lowest BCUT2D eigenvalue weighted by Gasteiger charge is -2.07. The largest absolute Gasteiger partial charge is 0.0856 e. The van der Waals surface area contributed by atoms with Crippen molar-refractivity contribution in [1.29, 1.82) is 0 Å². The minimum absolute atomic E-state index is 1.18. The van der Waals surface area contributed by atoms with Gasteiger partial charge < -0.3 is 0 Å². The molecule has 0 aromatic carbocycles. The van der Waals surface area contributed by atoms with E-state index < -0.39 is 0 Å². The average molecular weight is 425 g/mol. The van der Waals surface area contributed by atoms with E-state index in [1.807, 2.05) is 0 Å². The van der Waals surface area contributed by atoms with Crippen LogP contribution in [-0.4, -0.2) is 0 Å². The molecule has 0 nitrogen and oxygen atoms in total. The molecule has 0 aliphatic heterocycles. The van der Waals surface area contributed by atoms with Crippen LogP contribution in [0.3, 0.4) is 0 Å². The Kier molecular flexibility index (Phi) is 17.1. The van der Waals surface area contributed by atoms with Crippen LogP contribution in [0.4, 0.5) is 0 Å². The third kappa shape index (κ3) is 18.9. The van der Waals surface area contributed by atoms with E-state index in [1.165, 1.54) is 92.1 Å². The highest BCUT2D eigenvalue weighted by atomic mass is 14.0. The van der Waals surface area contributed by atoms with Crippen molar-refractivity contribution < 1.29 is 0 Å². The van der Waals surface area contributed by atoms with E-state index in [0.717, 1.165) is 0 Å². The normalized spacial score (nSPS) is 13.8. The van der Waals surface area contributed by atoms with E-state index in [-0.39, 0.29) is 0 Å². The highest BCUT2D eigenvalue weighted by Crippen LogP contribution is 2.18. The van der Waals surface area contributed by atoms with E-state index >= 15 is 0 Å². The molecule has 0 fully saturated rings. The van der Waals surface area contributed by atoms with Gasteiger partial charge in [0.1, 0.15) is 0 Å². The van der Waals surface area contributed by atoms with Crippen LogP contribution < -0.4 is 0 Å². The molecule has 0 rings (SSSR count). The summed E-state index contributed by atoms with van der Waals surface area (Å²) in [4.78, 5) is 0. The third-order valence-electron chi connectivity index (χ3n) is 5.97. The number of hydrogen-bond acceptors (Lipinski definition) is 0. The fraction of sp³-hybridized carbons (Fsp3) is 0.613. The Morgan fingerprint density at radius 2 is 0.613 bits per heavy atom. The zero-order valence-corrected chi connectivity index (χ0v) is 22.5. The van der Waals surface area contributed by atoms with Gasteiger partial charge in [-0.25, -0.2) is 0 Å². The van der Waals surface area contributed by atoms with Crippen LogP contribution in [0.2, 0.25) is 0 Å². The first-order valence-corrected chi connectivity index (χ1v) is 12.5. The van der Waals surface area contributed by atoms with Crippen molar-refractivity contribution in [2.24, 2.45) is 0 Å². The smallest absolute Gasteiger partial charge is 0.0286 e. The maximum atomic E-state index is 2.45. The second-order valence-corrected chi connectivity index (χ2v) is 9.97. The van der Waals surface area contributed by atoms with Gasteiger partial charge in [-0.15, -0.1) is 0 Å². The van der Waals surface area contributed by atoms with Gasteiger partial charge in [0.2, 0.25) is 0 Å². The molecular weight excluding hydrogens is 372 g/mol. The second-order valence-electron chi connectivity index (χ2n) is 9.97. The molecule has 0 heteroatoms. The standard InChI is InChI=1S/C31H52/c1-25(2)15-10-17-27(5)19-12-20-29(7)22-14-24-31(9)30(8)23-13-21-28(6)18-11-16-26(3)4/h15-16,19,21-22H,10-14,17-18,20,23-24H2,1-9H3/b27-19+,28-21+,29-22+,31-30+. The zero-order chi connectivity index (χ0) is 23.6. The molecule has 0 unspecified atom stereocenters. The summed E-state index contributed by atoms with van der Waals surface area (Å²) in [5, 5.41) is 0. The van der Waals surface area contributed by atoms with Gasteiger partial charge in [0.15, 0.2) is 0 Å². The van der Waals surface area contributed by atoms with Crippen LogP contribution in [0.25, 0.3) is 0 Å². The molecule has 0 spiro atoms. The van der Waals surface area contributed by atoms with Crippen molar-refractivity contribution in [3.8, 4) is 0 Å². The molecule has 0 aromatic rings. The topological polar surface area (TPSA) is 0 Å². The van der Waals surface area contributed by atoms with Crippen LogP contribution in [-0.2, 0) is 0 Å². The summed E-state index contributed by atoms with van der Waals surface area (Å²) < 4.78 is 0. The van der Waals surface area contributed by atoms with Crippen molar-refractivity contribution in [3.05, 3.63) is 69.4 Å². The third-order valence-corrected chi connectivity index (χ3v) is 5.97. The van der Waals surface area contributed by atoms with E-state index in [9.17, 15) is 0 Å². The Labute approximate surface area is 196 Å². The van der Waals surface area contributed by atoms with Crippen molar-refractivity contribution in [2.45, 2.75) is 127 Å². The van der Waals surface area contributed by atoms with Crippen LogP contribution in [0.5, 0.6) is 0 Å². The molecule has 0 bridgehead atoms. The summed E-state index contributed by atoms with van der Waals surface area (Å²) in [6.45, 7) is 20.2. The molecular formula is C31H52. The Bertz CT molecular complexity index is 678. The Morgan fingerprint density at radius 1 is 0.355 bits per heavy atom. The van der Waals surface area contributed by atoms with E-state index in [2.05, 4.69) is 92.7 Å². The first kappa shape index (κ1) is 29.4. The molecule has 0 heterocycles. The van der Waals surface area contributed by atoms with Gasteiger partial charge >= 0.3 is 0 Å². The first-order valence-electron chi connectivity index (χ1n) is 12.5. The van der Waals surface area contributed by atoms with Crippen molar-refractivity contribution in [2.75, 3.05) is 0 Å². The first-order chi connectivity index (χ1) is 14.6. The highest BCUT2D eigenvalue weighted by molar-refractivity contribution is 5.13. The summed E-state index contributed by atoms with van der Waals surface area (Å²) in [5.41, 5.74) is 10.6. The van der Waals surface area contributed by atoms with Crippen LogP contribution in [0.1, 0.15) is 127 Å². The molecule has 0 atom stereocenters. The van der Waals surface area contributed by atoms with Gasteiger partial charge in [0.05, 0.1) is 0 Å². The van der Waals surface area contributed by atoms with E-state index in [1.54, 1.807) is 11.1 Å². The zero-order valence-electron chi connectivity index (χ0n) is 22.5. The molecule has 0 radical (unpaired) electrons. The summed E-state index contributed by atoms with van der Waals surface area (Å²) in [7, 11) is 0. The fourth-order valence-electron chi connectivity index (χ4n) is 3.53. The lowest BCUT2D eigenvalue weighted by Crippen LogP contribution is -1.87. The number of rotatable bonds is 15. The molecule has 0 saturated heterocycles. The van der Waals surface area contributed by atoms with E-state index in [4.69, 9.17) is 0 Å². The van der Waals surface area contributed by atoms with Crippen LogP contribution in [0.15, 0.2) is 69.4 Å². The quantitative estimate of drug-likeness (QED) is 0.229. The second kappa shape index (κ2) is 18.1. The van der Waals surface area contributed by atoms with Crippen molar-refractivity contribution in [1.82, 2.24) is 0 Å². The number of hydrogen-bond donors (Lipinski definition) is 0. The lowest BCUT2D eigenvalue weighted by atomic mass is 9.99. The maximum absolute atomic E-state index is 2.45. The molecule has 0 saturated carbocycles. The minimum atomic E-state index is 1.18. The Hall–Kier alpha value is -1.56. The Morgan fingerprint density at radius 3 is 0.903 bits per heavy atom. The van der Waals surface area contributed by atoms with Gasteiger partial charge in [0.25, 0.3) is 0 Å². The summed E-state index contributed by atoms with van der Waals surface area (Å²) in [6.07, 6.45) is 23.9. The molecule has 0 aromatic heterocycles. The molecule has 0 aliphatic carbocycles. The fourth-order valence-corrected chi connectivity index (χ4v) is 3.53. The van der Waals surface area contributed by atoms with Crippen LogP contribution in [0, 0.1) is 0 Å². The SMILES string of the molecule is CC(C)=CCC/C(C)=C/CC/C(C)=C/CC/C(C)=C(\C)CC/C=C(\C)CCC=C(C)C. The number of allylic oxidation sites excluding steroid dienone is 12. The summed E-state index contributed by atoms with van der Waals surface area (Å²) in [5.74, 6) is 0. The predicted molar refractivity (Wildman–Crippen MR) is 145 cm³/mol. The van der Waals surface area contributed by atoms with Gasteiger partial charge in [-0.3, -0.25) is 0 Å². The van der Waals surface area contributed by atoms with Gasteiger partial charge in [-0.1, -0.05) is 69.4 Å². The predicted octanol–water partition coefficient (Wildman–Crippen LogP) is 11.0. The molecule has 31 heavy (non-hydrogen) atoms. The van der Waals surface area contributed by atoms with E-state index in [0.29, 0.717) is 0 Å². The maximum Gasteiger partial charge on any atom is -0.0286 e. The molecule has 0 amide bonds. The Balaban J connectivity index is 4.25. The lowest BCUT2D eigenvalue weighted by molar-refractivity contribution is 0.868. The molecule has 0 aliphatic rings. The minimum Gasteiger partial charge on any atom is -0.0856 e. The van der Waals surface area contributed by atoms with Crippen LogP contribution >= 0.6 is 0 Å². The van der Waals surface area contributed by atoms with Gasteiger partial charge in [-0.2, -0.15) is 0 Å². The monoisotopic (exact) mass is 424 g/mol. The summed E-state index contributed by atoms with van der Waals surface area (Å²) >= 11 is 0. The van der Waals surface area contributed by atoms with Gasteiger partial charge in [0, 0.05) is 0 Å². The van der Waals surface area contributed by atoms with Crippen molar-refractivity contribution >= 4 is 0 Å². The highest BCUT2D eigenvalue weighted by Gasteiger charge is 1.98. The molecule has 176 valence electrons. The molecule has 0 N–H and O–H groups in total.